The lowest BCUT2D eigenvalue weighted by atomic mass is 9.43. The highest BCUT2D eigenvalue weighted by Gasteiger charge is 2.75. The molecule has 12 nitrogen and oxygen atoms in total. The molecule has 6 aliphatic carbocycles. The first-order valence-electron chi connectivity index (χ1n) is 22.7. The number of hydrogen-bond donors (Lipinski definition) is 9. The van der Waals surface area contributed by atoms with Crippen LogP contribution in [0.4, 0.5) is 0 Å². The maximum atomic E-state index is 16.2. The van der Waals surface area contributed by atoms with E-state index >= 15 is 9.59 Å². The van der Waals surface area contributed by atoms with Crippen molar-refractivity contribution in [1.29, 1.82) is 0 Å². The van der Waals surface area contributed by atoms with Gasteiger partial charge in [0.15, 0.2) is 17.3 Å². The number of Topliss-reactive ketones (excluding diaryl/α,β-unsaturated/α-hetero) is 2. The number of aromatic hydroxyl groups is 9. The summed E-state index contributed by atoms with van der Waals surface area (Å²) in [6, 6.07) is 30.8. The molecule has 2 fully saturated rings. The molecule has 12 rings (SSSR count). The maximum absolute atomic E-state index is 16.2. The molecule has 6 aliphatic rings. The van der Waals surface area contributed by atoms with Crippen LogP contribution < -0.4 is 0 Å². The summed E-state index contributed by atoms with van der Waals surface area (Å²) in [5, 5.41) is 99.9. The van der Waals surface area contributed by atoms with Crippen LogP contribution in [-0.4, -0.2) is 63.3 Å². The van der Waals surface area contributed by atoms with E-state index in [9.17, 15) is 50.8 Å². The molecule has 6 aromatic rings. The Bertz CT molecular complexity index is 3190. The zero-order valence-electron chi connectivity index (χ0n) is 36.0. The minimum atomic E-state index is -1.35. The third-order valence-corrected chi connectivity index (χ3v) is 16.4. The summed E-state index contributed by atoms with van der Waals surface area (Å²) in [6.45, 7) is 0. The van der Waals surface area contributed by atoms with E-state index in [0.717, 1.165) is 0 Å². The van der Waals surface area contributed by atoms with Crippen LogP contribution in [0.25, 0.3) is 0 Å². The van der Waals surface area contributed by atoms with Gasteiger partial charge in [0, 0.05) is 76.7 Å². The summed E-state index contributed by atoms with van der Waals surface area (Å²) >= 11 is 0. The van der Waals surface area contributed by atoms with E-state index in [-0.39, 0.29) is 63.9 Å². The first-order chi connectivity index (χ1) is 32.6. The molecule has 0 amide bonds. The normalized spacial score (nSPS) is 30.7. The summed E-state index contributed by atoms with van der Waals surface area (Å²) < 4.78 is 0. The van der Waals surface area contributed by atoms with Crippen molar-refractivity contribution in [3.05, 3.63) is 184 Å². The maximum Gasteiger partial charge on any atom is 0.170 e. The second kappa shape index (κ2) is 14.5. The van der Waals surface area contributed by atoms with Crippen LogP contribution in [-0.2, 0) is 14.4 Å². The van der Waals surface area contributed by atoms with Gasteiger partial charge in [-0.15, -0.1) is 0 Å². The third-order valence-electron chi connectivity index (χ3n) is 16.4. The lowest BCUT2D eigenvalue weighted by molar-refractivity contribution is -0.150. The molecule has 12 atom stereocenters. The van der Waals surface area contributed by atoms with Gasteiger partial charge in [0.25, 0.3) is 0 Å². The third kappa shape index (κ3) is 5.69. The van der Waals surface area contributed by atoms with Crippen molar-refractivity contribution in [3.8, 4) is 51.7 Å². The van der Waals surface area contributed by atoms with Gasteiger partial charge in [-0.25, -0.2) is 0 Å². The Kier molecular flexibility index (Phi) is 8.84. The van der Waals surface area contributed by atoms with E-state index in [1.807, 2.05) is 6.08 Å². The molecule has 9 N–H and O–H groups in total. The van der Waals surface area contributed by atoms with Crippen LogP contribution in [0.15, 0.2) is 145 Å². The molecule has 0 unspecified atom stereocenters. The molecule has 68 heavy (non-hydrogen) atoms. The molecule has 0 heterocycles. The van der Waals surface area contributed by atoms with Gasteiger partial charge in [-0.05, 0) is 135 Å². The molecule has 2 bridgehead atoms. The van der Waals surface area contributed by atoms with Crippen molar-refractivity contribution in [2.75, 3.05) is 0 Å². The highest BCUT2D eigenvalue weighted by molar-refractivity contribution is 6.18. The predicted octanol–water partition coefficient (Wildman–Crippen LogP) is 8.49. The minimum Gasteiger partial charge on any atom is -0.508 e. The first kappa shape index (κ1) is 41.4. The summed E-state index contributed by atoms with van der Waals surface area (Å²) in [4.78, 5) is 46.4. The van der Waals surface area contributed by atoms with E-state index < -0.39 is 82.1 Å². The largest absolute Gasteiger partial charge is 0.508 e. The van der Waals surface area contributed by atoms with Gasteiger partial charge in [0.2, 0.25) is 0 Å². The smallest absolute Gasteiger partial charge is 0.170 e. The quantitative estimate of drug-likeness (QED) is 0.0742. The molecule has 2 saturated carbocycles. The number of hydrogen-bond acceptors (Lipinski definition) is 12. The molecule has 0 aromatic heterocycles. The molecular formula is C56H44O12. The Morgan fingerprint density at radius 1 is 0.441 bits per heavy atom. The van der Waals surface area contributed by atoms with Crippen LogP contribution in [0.1, 0.15) is 80.9 Å². The second-order valence-electron chi connectivity index (χ2n) is 19.6. The minimum absolute atomic E-state index is 0.0102. The molecule has 12 heteroatoms. The molecular weight excluding hydrogens is 865 g/mol. The number of ketones is 3. The fourth-order valence-corrected chi connectivity index (χ4v) is 14.6. The summed E-state index contributed by atoms with van der Waals surface area (Å²) in [7, 11) is 0. The van der Waals surface area contributed by atoms with Crippen molar-refractivity contribution in [2.24, 2.45) is 35.0 Å². The molecule has 0 saturated heterocycles. The van der Waals surface area contributed by atoms with Crippen molar-refractivity contribution in [3.63, 3.8) is 0 Å². The average molecular weight is 909 g/mol. The number of fused-ring (bicyclic) bond motifs is 9. The summed E-state index contributed by atoms with van der Waals surface area (Å²) in [5.74, 6) is -12.4. The second-order valence-corrected chi connectivity index (χ2v) is 19.6. The molecule has 0 radical (unpaired) electrons. The predicted molar refractivity (Wildman–Crippen MR) is 245 cm³/mol. The van der Waals surface area contributed by atoms with E-state index in [0.29, 0.717) is 50.1 Å². The number of rotatable bonds is 5. The van der Waals surface area contributed by atoms with E-state index in [2.05, 4.69) is 0 Å². The van der Waals surface area contributed by atoms with Crippen LogP contribution in [0.5, 0.6) is 51.7 Å². The lowest BCUT2D eigenvalue weighted by Crippen LogP contribution is -2.60. The Morgan fingerprint density at radius 3 is 1.50 bits per heavy atom. The highest BCUT2D eigenvalue weighted by atomic mass is 16.3. The number of phenols is 9. The van der Waals surface area contributed by atoms with Gasteiger partial charge in [-0.1, -0.05) is 42.5 Å². The van der Waals surface area contributed by atoms with E-state index in [1.165, 1.54) is 84.9 Å². The molecule has 6 aromatic carbocycles. The lowest BCUT2D eigenvalue weighted by Gasteiger charge is -2.57. The molecule has 1 spiro atoms. The number of carbonyl (C=O) groups is 3. The Labute approximate surface area is 388 Å². The standard InChI is InChI=1S/C56H44O12/c57-29-7-1-24(2-8-29)41-45-38(21-37(65)23-40(45)66)46-42(25-3-9-30(58)10-4-25)50-49(48(41)46)51-53-44(28-17-35(63)20-36(64)18-28)43(27-15-33(61)19-34(62)16-27)52(26-5-11-31(59)12-6-26)56(53)14-13-32(60)22-39(56)47(54(50)67)55(51)68/h1-21,23,39,41-44,46-48,51-53,57-59,61-66H,22H2/t39-,41-,42+,43-,44-,46+,47-,48+,51-,52+,53-,56-/m1/s1. The number of carbonyl (C=O) groups excluding carboxylic acids is 3. The fraction of sp³-hybridized carbons (Fsp3) is 0.232. The van der Waals surface area contributed by atoms with Crippen LogP contribution in [0.2, 0.25) is 0 Å². The van der Waals surface area contributed by atoms with Crippen molar-refractivity contribution in [1.82, 2.24) is 0 Å². The van der Waals surface area contributed by atoms with Crippen molar-refractivity contribution < 1.29 is 60.3 Å². The van der Waals surface area contributed by atoms with Crippen LogP contribution >= 0.6 is 0 Å². The highest BCUT2D eigenvalue weighted by Crippen LogP contribution is 2.79. The average Bonchev–Trinajstić information content (AvgIpc) is 3.90. The van der Waals surface area contributed by atoms with Gasteiger partial charge < -0.3 is 46.0 Å². The van der Waals surface area contributed by atoms with Gasteiger partial charge in [0.05, 0.1) is 5.92 Å². The molecule has 0 aliphatic heterocycles. The Balaban J connectivity index is 1.22. The fourth-order valence-electron chi connectivity index (χ4n) is 14.6. The van der Waals surface area contributed by atoms with Crippen molar-refractivity contribution >= 4 is 17.3 Å². The first-order valence-corrected chi connectivity index (χ1v) is 22.7. The number of allylic oxidation sites excluding steroid dienone is 4. The van der Waals surface area contributed by atoms with E-state index in [4.69, 9.17) is 0 Å². The number of phenolic OH excluding ortho intramolecular Hbond substituents is 9. The Hall–Kier alpha value is -7.99. The summed E-state index contributed by atoms with van der Waals surface area (Å²) in [6.07, 6.45) is 3.15. The topological polar surface area (TPSA) is 233 Å². The van der Waals surface area contributed by atoms with Crippen molar-refractivity contribution in [2.45, 2.75) is 41.9 Å². The van der Waals surface area contributed by atoms with Gasteiger partial charge in [0.1, 0.15) is 51.7 Å². The van der Waals surface area contributed by atoms with Gasteiger partial charge >= 0.3 is 0 Å². The zero-order chi connectivity index (χ0) is 47.2. The van der Waals surface area contributed by atoms with Gasteiger partial charge in [-0.2, -0.15) is 0 Å². The Morgan fingerprint density at radius 2 is 0.941 bits per heavy atom. The SMILES string of the molecule is O=C1C=C[C@@]23[C@@H]([C@@H]4C(=O)[C@@H](C(=O)C5=C4[C@H]4[C@H](c6ccc(O)cc6)c6c(O)cc(O)cc6[C@H]4[C@@H]5c4ccc(O)cc4)[C@H]2C1)[C@H](c1cc(O)cc(O)c1)[C@@H](c1cc(O)cc(O)c1)[C@@H]3c1ccc(O)cc1. The van der Waals surface area contributed by atoms with E-state index in [1.54, 1.807) is 42.5 Å². The monoisotopic (exact) mass is 908 g/mol. The zero-order valence-corrected chi connectivity index (χ0v) is 36.0. The van der Waals surface area contributed by atoms with Crippen LogP contribution in [0, 0.1) is 35.0 Å². The van der Waals surface area contributed by atoms with Gasteiger partial charge in [-0.3, -0.25) is 14.4 Å². The molecule has 340 valence electrons. The number of benzene rings is 6. The van der Waals surface area contributed by atoms with Crippen LogP contribution in [0.3, 0.4) is 0 Å². The summed E-state index contributed by atoms with van der Waals surface area (Å²) in [5.41, 5.74) is 3.43.